The summed E-state index contributed by atoms with van der Waals surface area (Å²) in [6.45, 7) is 2.41. The molecule has 0 aliphatic heterocycles. The summed E-state index contributed by atoms with van der Waals surface area (Å²) in [5.41, 5.74) is 2.79. The largest absolute Gasteiger partial charge is 0.508 e. The van der Waals surface area contributed by atoms with Crippen molar-refractivity contribution in [2.45, 2.75) is 57.5 Å². The van der Waals surface area contributed by atoms with Gasteiger partial charge in [0.25, 0.3) is 0 Å². The van der Waals surface area contributed by atoms with Gasteiger partial charge in [0.2, 0.25) is 0 Å². The third kappa shape index (κ3) is 2.38. The molecule has 0 bridgehead atoms. The fourth-order valence-electron chi connectivity index (χ4n) is 4.14. The maximum absolute atomic E-state index is 9.60. The van der Waals surface area contributed by atoms with Crippen molar-refractivity contribution in [3.8, 4) is 5.75 Å². The van der Waals surface area contributed by atoms with E-state index in [0.717, 1.165) is 18.4 Å². The minimum atomic E-state index is 0.410. The van der Waals surface area contributed by atoms with Gasteiger partial charge in [0.15, 0.2) is 0 Å². The Bertz CT molecular complexity index is 457. The van der Waals surface area contributed by atoms with Gasteiger partial charge in [-0.25, -0.2) is 0 Å². The van der Waals surface area contributed by atoms with Gasteiger partial charge in [0.1, 0.15) is 5.75 Å². The van der Waals surface area contributed by atoms with Crippen LogP contribution in [0.25, 0.3) is 0 Å². The third-order valence-corrected chi connectivity index (χ3v) is 5.25. The molecule has 1 N–H and O–H groups in total. The summed E-state index contributed by atoms with van der Waals surface area (Å²) in [4.78, 5) is 2.62. The number of benzene rings is 1. The van der Waals surface area contributed by atoms with E-state index >= 15 is 0 Å². The second kappa shape index (κ2) is 5.16. The molecule has 3 rings (SSSR count). The SMILES string of the molecule is CC1CCCCC1N(C)C1CCc2cc(O)ccc21. The fraction of sp³-hybridized carbons (Fsp3) is 0.647. The van der Waals surface area contributed by atoms with Gasteiger partial charge < -0.3 is 5.11 Å². The van der Waals surface area contributed by atoms with Crippen molar-refractivity contribution in [1.29, 1.82) is 0 Å². The molecule has 0 heterocycles. The molecule has 0 spiro atoms. The maximum atomic E-state index is 9.60. The predicted octanol–water partition coefficient (Wildman–Crippen LogP) is 3.89. The van der Waals surface area contributed by atoms with Crippen LogP contribution in [-0.4, -0.2) is 23.1 Å². The third-order valence-electron chi connectivity index (χ3n) is 5.25. The zero-order valence-electron chi connectivity index (χ0n) is 12.1. The molecule has 19 heavy (non-hydrogen) atoms. The summed E-state index contributed by atoms with van der Waals surface area (Å²) in [5.74, 6) is 1.23. The van der Waals surface area contributed by atoms with Crippen LogP contribution in [0.4, 0.5) is 0 Å². The quantitative estimate of drug-likeness (QED) is 0.871. The van der Waals surface area contributed by atoms with Crippen LogP contribution in [0.3, 0.4) is 0 Å². The van der Waals surface area contributed by atoms with Crippen LogP contribution in [0.5, 0.6) is 5.75 Å². The Labute approximate surface area is 116 Å². The highest BCUT2D eigenvalue weighted by Gasteiger charge is 2.33. The summed E-state index contributed by atoms with van der Waals surface area (Å²) >= 11 is 0. The van der Waals surface area contributed by atoms with Gasteiger partial charge in [-0.1, -0.05) is 25.8 Å². The number of rotatable bonds is 2. The van der Waals surface area contributed by atoms with Crippen molar-refractivity contribution in [2.75, 3.05) is 7.05 Å². The van der Waals surface area contributed by atoms with E-state index in [4.69, 9.17) is 0 Å². The lowest BCUT2D eigenvalue weighted by Gasteiger charge is -2.40. The minimum absolute atomic E-state index is 0.410. The van der Waals surface area contributed by atoms with E-state index in [-0.39, 0.29) is 0 Å². The Balaban J connectivity index is 1.80. The van der Waals surface area contributed by atoms with Crippen LogP contribution in [-0.2, 0) is 6.42 Å². The predicted molar refractivity (Wildman–Crippen MR) is 78.4 cm³/mol. The number of hydrogen-bond donors (Lipinski definition) is 1. The summed E-state index contributed by atoms with van der Waals surface area (Å²) < 4.78 is 0. The Hall–Kier alpha value is -1.02. The molecule has 0 amide bonds. The lowest BCUT2D eigenvalue weighted by molar-refractivity contribution is 0.0964. The molecule has 0 saturated heterocycles. The van der Waals surface area contributed by atoms with E-state index < -0.39 is 0 Å². The van der Waals surface area contributed by atoms with Crippen molar-refractivity contribution in [3.63, 3.8) is 0 Å². The van der Waals surface area contributed by atoms with Gasteiger partial charge in [-0.2, -0.15) is 0 Å². The zero-order chi connectivity index (χ0) is 13.4. The topological polar surface area (TPSA) is 23.5 Å². The molecule has 2 heteroatoms. The molecule has 1 aromatic rings. The maximum Gasteiger partial charge on any atom is 0.115 e. The first-order valence-corrected chi connectivity index (χ1v) is 7.70. The van der Waals surface area contributed by atoms with Crippen molar-refractivity contribution >= 4 is 0 Å². The summed E-state index contributed by atoms with van der Waals surface area (Å²) in [7, 11) is 2.30. The van der Waals surface area contributed by atoms with E-state index in [1.54, 1.807) is 0 Å². The zero-order valence-corrected chi connectivity index (χ0v) is 12.1. The van der Waals surface area contributed by atoms with E-state index in [2.05, 4.69) is 24.9 Å². The number of phenols is 1. The fourth-order valence-corrected chi connectivity index (χ4v) is 4.14. The van der Waals surface area contributed by atoms with Crippen LogP contribution in [0.2, 0.25) is 0 Å². The Kier molecular flexibility index (Phi) is 3.53. The number of nitrogens with zero attached hydrogens (tertiary/aromatic N) is 1. The van der Waals surface area contributed by atoms with Gasteiger partial charge in [-0.15, -0.1) is 0 Å². The van der Waals surface area contributed by atoms with Gasteiger partial charge in [-0.3, -0.25) is 4.90 Å². The number of aryl methyl sites for hydroxylation is 1. The number of hydrogen-bond acceptors (Lipinski definition) is 2. The second-order valence-electron chi connectivity index (χ2n) is 6.43. The molecule has 0 aromatic heterocycles. The highest BCUT2D eigenvalue weighted by atomic mass is 16.3. The van der Waals surface area contributed by atoms with Gasteiger partial charge >= 0.3 is 0 Å². The smallest absolute Gasteiger partial charge is 0.115 e. The molecule has 3 unspecified atom stereocenters. The average molecular weight is 259 g/mol. The molecule has 104 valence electrons. The van der Waals surface area contributed by atoms with Gasteiger partial charge in [0, 0.05) is 12.1 Å². The Morgan fingerprint density at radius 1 is 1.16 bits per heavy atom. The molecule has 1 fully saturated rings. The molecule has 2 aliphatic rings. The summed E-state index contributed by atoms with van der Waals surface area (Å²) in [5, 5.41) is 9.60. The highest BCUT2D eigenvalue weighted by molar-refractivity contribution is 5.40. The monoisotopic (exact) mass is 259 g/mol. The van der Waals surface area contributed by atoms with E-state index in [1.165, 1.54) is 43.2 Å². The molecule has 0 radical (unpaired) electrons. The van der Waals surface area contributed by atoms with Crippen LogP contribution >= 0.6 is 0 Å². The van der Waals surface area contributed by atoms with Crippen LogP contribution in [0, 0.1) is 5.92 Å². The van der Waals surface area contributed by atoms with Crippen molar-refractivity contribution in [3.05, 3.63) is 29.3 Å². The van der Waals surface area contributed by atoms with Gasteiger partial charge in [0.05, 0.1) is 0 Å². The average Bonchev–Trinajstić information content (AvgIpc) is 2.81. The van der Waals surface area contributed by atoms with Crippen molar-refractivity contribution < 1.29 is 5.11 Å². The Morgan fingerprint density at radius 2 is 1.95 bits per heavy atom. The van der Waals surface area contributed by atoms with Crippen molar-refractivity contribution in [2.24, 2.45) is 5.92 Å². The normalized spacial score (nSPS) is 30.6. The standard InChI is InChI=1S/C17H25NO/c1-12-5-3-4-6-16(12)18(2)17-10-7-13-11-14(19)8-9-15(13)17/h8-9,11-12,16-17,19H,3-7,10H2,1-2H3. The Morgan fingerprint density at radius 3 is 2.74 bits per heavy atom. The lowest BCUT2D eigenvalue weighted by atomic mass is 9.84. The van der Waals surface area contributed by atoms with E-state index in [0.29, 0.717) is 11.8 Å². The van der Waals surface area contributed by atoms with Crippen LogP contribution in [0.15, 0.2) is 18.2 Å². The number of phenolic OH excluding ortho intramolecular Hbond substituents is 1. The summed E-state index contributed by atoms with van der Waals surface area (Å²) in [6, 6.07) is 7.22. The second-order valence-corrected chi connectivity index (χ2v) is 6.43. The molecular weight excluding hydrogens is 234 g/mol. The van der Waals surface area contributed by atoms with Crippen LogP contribution < -0.4 is 0 Å². The molecular formula is C17H25NO. The number of aromatic hydroxyl groups is 1. The summed E-state index contributed by atoms with van der Waals surface area (Å²) in [6.07, 6.45) is 7.83. The lowest BCUT2D eigenvalue weighted by Crippen LogP contribution is -2.40. The van der Waals surface area contributed by atoms with E-state index in [9.17, 15) is 5.11 Å². The van der Waals surface area contributed by atoms with Crippen LogP contribution in [0.1, 0.15) is 56.2 Å². The molecule has 1 saturated carbocycles. The van der Waals surface area contributed by atoms with Gasteiger partial charge in [-0.05, 0) is 61.9 Å². The molecule has 2 aliphatic carbocycles. The molecule has 2 nitrogen and oxygen atoms in total. The molecule has 3 atom stereocenters. The van der Waals surface area contributed by atoms with E-state index in [1.807, 2.05) is 12.1 Å². The highest BCUT2D eigenvalue weighted by Crippen LogP contribution is 2.40. The first-order chi connectivity index (χ1) is 9.16. The minimum Gasteiger partial charge on any atom is -0.508 e. The molecule has 1 aromatic carbocycles. The van der Waals surface area contributed by atoms with Crippen molar-refractivity contribution in [1.82, 2.24) is 4.90 Å². The first-order valence-electron chi connectivity index (χ1n) is 7.70. The number of fused-ring (bicyclic) bond motifs is 1. The first kappa shape index (κ1) is 13.0.